The number of Topliss-reactive ketones (excluding diaryl/α,β-unsaturated/α-hetero) is 1. The predicted octanol–water partition coefficient (Wildman–Crippen LogP) is 2.69. The third kappa shape index (κ3) is 4.11. The Hall–Kier alpha value is -3.40. The molecule has 4 rings (SSSR count). The summed E-state index contributed by atoms with van der Waals surface area (Å²) in [6.45, 7) is -1.69. The Morgan fingerprint density at radius 2 is 1.81 bits per heavy atom. The molecule has 2 aromatic carbocycles. The summed E-state index contributed by atoms with van der Waals surface area (Å²) in [6, 6.07) is 7.79. The molecule has 2 aromatic rings. The number of fused-ring (bicyclic) bond motifs is 2. The SMILES string of the molecule is COc1cc(CN(C)CN2C(=O)C(=O)c3cc4c(cc32)OCCO4)ccc1OC(F)F. The first kappa shape index (κ1) is 20.9. The van der Waals surface area contributed by atoms with E-state index < -0.39 is 18.3 Å². The second-order valence-corrected chi connectivity index (χ2v) is 7.09. The molecule has 0 bridgehead atoms. The molecule has 0 unspecified atom stereocenters. The lowest BCUT2D eigenvalue weighted by Crippen LogP contribution is -2.39. The number of anilines is 1. The van der Waals surface area contributed by atoms with Crippen LogP contribution in [0.4, 0.5) is 14.5 Å². The van der Waals surface area contributed by atoms with Crippen LogP contribution in [0.1, 0.15) is 15.9 Å². The molecular formula is C21H20F2N2O6. The zero-order chi connectivity index (χ0) is 22.1. The maximum Gasteiger partial charge on any atom is 0.387 e. The number of hydrogen-bond donors (Lipinski definition) is 0. The first-order chi connectivity index (χ1) is 14.9. The fraction of sp³-hybridized carbons (Fsp3) is 0.333. The minimum Gasteiger partial charge on any atom is -0.493 e. The van der Waals surface area contributed by atoms with Crippen LogP contribution >= 0.6 is 0 Å². The maximum atomic E-state index is 12.6. The molecule has 0 saturated carbocycles. The van der Waals surface area contributed by atoms with Gasteiger partial charge in [-0.1, -0.05) is 6.07 Å². The minimum absolute atomic E-state index is 0.0647. The number of amides is 1. The zero-order valence-electron chi connectivity index (χ0n) is 16.9. The van der Waals surface area contributed by atoms with Crippen LogP contribution in [0.2, 0.25) is 0 Å². The molecule has 0 radical (unpaired) electrons. The third-order valence-corrected chi connectivity index (χ3v) is 4.91. The van der Waals surface area contributed by atoms with Gasteiger partial charge in [-0.15, -0.1) is 0 Å². The molecule has 0 atom stereocenters. The predicted molar refractivity (Wildman–Crippen MR) is 105 cm³/mol. The Morgan fingerprint density at radius 1 is 1.10 bits per heavy atom. The monoisotopic (exact) mass is 434 g/mol. The molecule has 2 heterocycles. The van der Waals surface area contributed by atoms with E-state index in [1.165, 1.54) is 24.1 Å². The number of methoxy groups -OCH3 is 1. The van der Waals surface area contributed by atoms with E-state index in [0.29, 0.717) is 36.9 Å². The topological polar surface area (TPSA) is 77.5 Å². The highest BCUT2D eigenvalue weighted by atomic mass is 19.3. The van der Waals surface area contributed by atoms with Crippen LogP contribution in [0.25, 0.3) is 0 Å². The lowest BCUT2D eigenvalue weighted by Gasteiger charge is -2.26. The first-order valence-corrected chi connectivity index (χ1v) is 9.47. The molecule has 0 N–H and O–H groups in total. The second kappa shape index (κ2) is 8.38. The van der Waals surface area contributed by atoms with Crippen LogP contribution < -0.4 is 23.8 Å². The molecule has 2 aliphatic rings. The quantitative estimate of drug-likeness (QED) is 0.620. The van der Waals surface area contributed by atoms with Crippen molar-refractivity contribution in [3.05, 3.63) is 41.5 Å². The van der Waals surface area contributed by atoms with Crippen molar-refractivity contribution < 1.29 is 37.3 Å². The number of benzene rings is 2. The number of rotatable bonds is 7. The standard InChI is InChI=1S/C21H20F2N2O6/c1-24(10-12-3-4-15(31-21(22)23)16(7-12)28-2)11-25-14-9-18-17(29-5-6-30-18)8-13(14)19(26)20(25)27/h3-4,7-9,21H,5-6,10-11H2,1-2H3. The molecule has 0 aromatic heterocycles. The third-order valence-electron chi connectivity index (χ3n) is 4.91. The summed E-state index contributed by atoms with van der Waals surface area (Å²) in [5, 5.41) is 0. The first-order valence-electron chi connectivity index (χ1n) is 9.47. The number of carbonyl (C=O) groups excluding carboxylic acids is 2. The van der Waals surface area contributed by atoms with E-state index in [9.17, 15) is 18.4 Å². The van der Waals surface area contributed by atoms with Gasteiger partial charge < -0.3 is 18.9 Å². The Morgan fingerprint density at radius 3 is 2.48 bits per heavy atom. The maximum absolute atomic E-state index is 12.6. The van der Waals surface area contributed by atoms with Gasteiger partial charge in [0.25, 0.3) is 5.78 Å². The number of carbonyl (C=O) groups is 2. The van der Waals surface area contributed by atoms with Crippen LogP contribution in [-0.2, 0) is 11.3 Å². The number of ether oxygens (including phenoxy) is 4. The Kier molecular flexibility index (Phi) is 5.64. The van der Waals surface area contributed by atoms with E-state index in [1.54, 1.807) is 30.1 Å². The number of halogens is 2. The second-order valence-electron chi connectivity index (χ2n) is 7.09. The van der Waals surface area contributed by atoms with Gasteiger partial charge in [0, 0.05) is 12.6 Å². The summed E-state index contributed by atoms with van der Waals surface area (Å²) in [4.78, 5) is 28.2. The van der Waals surface area contributed by atoms with E-state index in [4.69, 9.17) is 14.2 Å². The smallest absolute Gasteiger partial charge is 0.387 e. The molecule has 0 saturated heterocycles. The van der Waals surface area contributed by atoms with E-state index in [0.717, 1.165) is 5.56 Å². The summed E-state index contributed by atoms with van der Waals surface area (Å²) >= 11 is 0. The van der Waals surface area contributed by atoms with Crippen LogP contribution in [0.15, 0.2) is 30.3 Å². The molecule has 2 aliphatic heterocycles. The molecule has 164 valence electrons. The Bertz CT molecular complexity index is 1030. The van der Waals surface area contributed by atoms with Crippen molar-refractivity contribution in [1.29, 1.82) is 0 Å². The lowest BCUT2D eigenvalue weighted by molar-refractivity contribution is -0.114. The van der Waals surface area contributed by atoms with Crippen molar-refractivity contribution >= 4 is 17.4 Å². The molecule has 8 nitrogen and oxygen atoms in total. The summed E-state index contributed by atoms with van der Waals surface area (Å²) < 4.78 is 45.6. The van der Waals surface area contributed by atoms with Gasteiger partial charge >= 0.3 is 12.5 Å². The Balaban J connectivity index is 1.51. The van der Waals surface area contributed by atoms with Gasteiger partial charge in [0.1, 0.15) is 13.2 Å². The molecular weight excluding hydrogens is 414 g/mol. The minimum atomic E-state index is -2.96. The molecule has 10 heteroatoms. The summed E-state index contributed by atoms with van der Waals surface area (Å²) in [5.41, 5.74) is 1.49. The largest absolute Gasteiger partial charge is 0.493 e. The fourth-order valence-corrected chi connectivity index (χ4v) is 3.58. The van der Waals surface area contributed by atoms with Gasteiger partial charge in [-0.2, -0.15) is 8.78 Å². The van der Waals surface area contributed by atoms with Crippen LogP contribution in [-0.4, -0.2) is 57.2 Å². The highest BCUT2D eigenvalue weighted by Gasteiger charge is 2.38. The van der Waals surface area contributed by atoms with Crippen molar-refractivity contribution in [3.8, 4) is 23.0 Å². The summed E-state index contributed by atoms with van der Waals surface area (Å²) in [6.07, 6.45) is 0. The van der Waals surface area contributed by atoms with Gasteiger partial charge in [0.05, 0.1) is 25.0 Å². The fourth-order valence-electron chi connectivity index (χ4n) is 3.58. The Labute approximate surface area is 176 Å². The van der Waals surface area contributed by atoms with Gasteiger partial charge in [0.15, 0.2) is 23.0 Å². The van der Waals surface area contributed by atoms with E-state index >= 15 is 0 Å². The molecule has 0 spiro atoms. The lowest BCUT2D eigenvalue weighted by atomic mass is 10.1. The van der Waals surface area contributed by atoms with Crippen LogP contribution in [0.5, 0.6) is 23.0 Å². The van der Waals surface area contributed by atoms with E-state index in [1.807, 2.05) is 0 Å². The molecule has 1 amide bonds. The van der Waals surface area contributed by atoms with Crippen molar-refractivity contribution in [3.63, 3.8) is 0 Å². The van der Waals surface area contributed by atoms with Crippen molar-refractivity contribution in [2.24, 2.45) is 0 Å². The number of alkyl halides is 2. The highest BCUT2D eigenvalue weighted by Crippen LogP contribution is 2.40. The van der Waals surface area contributed by atoms with Gasteiger partial charge in [0.2, 0.25) is 0 Å². The molecule has 31 heavy (non-hydrogen) atoms. The average Bonchev–Trinajstić information content (AvgIpc) is 2.97. The average molecular weight is 434 g/mol. The van der Waals surface area contributed by atoms with E-state index in [-0.39, 0.29) is 23.7 Å². The highest BCUT2D eigenvalue weighted by molar-refractivity contribution is 6.52. The summed E-state index contributed by atoms with van der Waals surface area (Å²) in [7, 11) is 3.13. The van der Waals surface area contributed by atoms with Gasteiger partial charge in [-0.3, -0.25) is 19.4 Å². The molecule has 0 fully saturated rings. The number of ketones is 1. The van der Waals surface area contributed by atoms with Crippen molar-refractivity contribution in [1.82, 2.24) is 4.90 Å². The number of hydrogen-bond acceptors (Lipinski definition) is 7. The summed E-state index contributed by atoms with van der Waals surface area (Å²) in [5.74, 6) is -0.199. The van der Waals surface area contributed by atoms with E-state index in [2.05, 4.69) is 4.74 Å². The van der Waals surface area contributed by atoms with Crippen molar-refractivity contribution in [2.75, 3.05) is 38.9 Å². The normalized spacial score (nSPS) is 15.0. The zero-order valence-corrected chi connectivity index (χ0v) is 16.9. The van der Waals surface area contributed by atoms with Gasteiger partial charge in [-0.05, 0) is 30.8 Å². The van der Waals surface area contributed by atoms with Crippen LogP contribution in [0.3, 0.4) is 0 Å². The molecule has 0 aliphatic carbocycles. The van der Waals surface area contributed by atoms with Crippen molar-refractivity contribution in [2.45, 2.75) is 13.2 Å². The van der Waals surface area contributed by atoms with Crippen LogP contribution in [0, 0.1) is 0 Å². The number of nitrogens with zero attached hydrogens (tertiary/aromatic N) is 2. The van der Waals surface area contributed by atoms with Gasteiger partial charge in [-0.25, -0.2) is 0 Å².